The van der Waals surface area contributed by atoms with Gasteiger partial charge < -0.3 is 15.0 Å². The fourth-order valence-electron chi connectivity index (χ4n) is 3.59. The molecule has 2 aromatic carbocycles. The van der Waals surface area contributed by atoms with Gasteiger partial charge in [0.25, 0.3) is 5.91 Å². The molecule has 1 fully saturated rings. The minimum Gasteiger partial charge on any atom is -0.456 e. The van der Waals surface area contributed by atoms with Crippen molar-refractivity contribution in [2.45, 2.75) is 21.5 Å². The summed E-state index contributed by atoms with van der Waals surface area (Å²) in [7, 11) is -3.61. The number of ether oxygens (including phenoxy) is 1. The van der Waals surface area contributed by atoms with Gasteiger partial charge in [0.1, 0.15) is 0 Å². The summed E-state index contributed by atoms with van der Waals surface area (Å²) >= 11 is 1.29. The zero-order valence-electron chi connectivity index (χ0n) is 17.7. The summed E-state index contributed by atoms with van der Waals surface area (Å²) in [4.78, 5) is 39.4. The fraction of sp³-hybridized carbons (Fsp3) is 0.318. The van der Waals surface area contributed by atoms with Crippen LogP contribution in [0.3, 0.4) is 0 Å². The maximum atomic E-state index is 12.7. The third-order valence-corrected chi connectivity index (χ3v) is 8.58. The van der Waals surface area contributed by atoms with E-state index in [1.165, 1.54) is 33.1 Å². The minimum atomic E-state index is -3.61. The number of thioether (sulfide) groups is 1. The lowest BCUT2D eigenvalue weighted by atomic mass is 10.2. The minimum absolute atomic E-state index is 0.152. The number of amides is 2. The van der Waals surface area contributed by atoms with Crippen LogP contribution in [-0.4, -0.2) is 73.4 Å². The first kappa shape index (κ1) is 23.3. The third kappa shape index (κ3) is 5.37. The molecule has 0 radical (unpaired) electrons. The maximum Gasteiger partial charge on any atom is 0.307 e. The van der Waals surface area contributed by atoms with Gasteiger partial charge in [0.2, 0.25) is 15.9 Å². The van der Waals surface area contributed by atoms with Crippen LogP contribution in [-0.2, 0) is 29.1 Å². The van der Waals surface area contributed by atoms with Crippen LogP contribution in [0.15, 0.2) is 64.4 Å². The van der Waals surface area contributed by atoms with E-state index < -0.39 is 33.8 Å². The molecule has 2 aromatic rings. The van der Waals surface area contributed by atoms with Crippen molar-refractivity contribution in [1.29, 1.82) is 0 Å². The average molecular weight is 490 g/mol. The molecule has 4 rings (SSSR count). The van der Waals surface area contributed by atoms with Crippen LogP contribution >= 0.6 is 11.8 Å². The van der Waals surface area contributed by atoms with Crippen LogP contribution in [0.1, 0.15) is 6.42 Å². The Balaban J connectivity index is 1.24. The summed E-state index contributed by atoms with van der Waals surface area (Å²) in [5.74, 6) is -1.32. The normalized spacial score (nSPS) is 18.8. The number of anilines is 1. The lowest BCUT2D eigenvalue weighted by Gasteiger charge is -2.33. The molecule has 2 aliphatic heterocycles. The molecular weight excluding hydrogens is 466 g/mol. The van der Waals surface area contributed by atoms with E-state index >= 15 is 0 Å². The number of sulfonamides is 1. The average Bonchev–Trinajstić information content (AvgIpc) is 2.83. The number of carbonyl (C=O) groups excluding carboxylic acids is 3. The van der Waals surface area contributed by atoms with Crippen molar-refractivity contribution in [3.05, 3.63) is 54.6 Å². The van der Waals surface area contributed by atoms with Crippen molar-refractivity contribution in [3.63, 3.8) is 0 Å². The smallest absolute Gasteiger partial charge is 0.307 e. The SMILES string of the molecule is O=C(CC1Sc2ccccc2NC1=O)OCC(=O)N1CCN(S(=O)(=O)c2ccccc2)CC1. The maximum absolute atomic E-state index is 12.7. The lowest BCUT2D eigenvalue weighted by Crippen LogP contribution is -2.51. The largest absolute Gasteiger partial charge is 0.456 e. The molecule has 9 nitrogen and oxygen atoms in total. The van der Waals surface area contributed by atoms with Crippen LogP contribution in [0, 0.1) is 0 Å². The van der Waals surface area contributed by atoms with Gasteiger partial charge in [0.05, 0.1) is 22.3 Å². The Morgan fingerprint density at radius 2 is 1.67 bits per heavy atom. The first-order valence-corrected chi connectivity index (χ1v) is 12.7. The van der Waals surface area contributed by atoms with Crippen LogP contribution in [0.5, 0.6) is 0 Å². The summed E-state index contributed by atoms with van der Waals surface area (Å²) < 4.78 is 31.8. The zero-order valence-corrected chi connectivity index (χ0v) is 19.3. The van der Waals surface area contributed by atoms with Crippen LogP contribution in [0.25, 0.3) is 0 Å². The van der Waals surface area contributed by atoms with E-state index in [9.17, 15) is 22.8 Å². The van der Waals surface area contributed by atoms with E-state index in [4.69, 9.17) is 4.74 Å². The molecule has 1 unspecified atom stereocenters. The molecule has 2 aliphatic rings. The number of hydrogen-bond donors (Lipinski definition) is 1. The standard InChI is InChI=1S/C22H23N3O6S2/c26-20(24-10-12-25(13-11-24)33(29,30)16-6-2-1-3-7-16)15-31-21(27)14-19-22(28)23-17-8-4-5-9-18(17)32-19/h1-9,19H,10-15H2,(H,23,28). The topological polar surface area (TPSA) is 113 Å². The molecule has 1 atom stereocenters. The third-order valence-electron chi connectivity index (χ3n) is 5.39. The summed E-state index contributed by atoms with van der Waals surface area (Å²) in [5, 5.41) is 2.13. The summed E-state index contributed by atoms with van der Waals surface area (Å²) in [5.41, 5.74) is 0.709. The predicted molar refractivity (Wildman–Crippen MR) is 122 cm³/mol. The number of nitrogens with zero attached hydrogens (tertiary/aromatic N) is 2. The summed E-state index contributed by atoms with van der Waals surface area (Å²) in [6, 6.07) is 15.5. The van der Waals surface area contributed by atoms with Crippen molar-refractivity contribution in [1.82, 2.24) is 9.21 Å². The Kier molecular flexibility index (Phi) is 7.01. The fourth-order valence-corrected chi connectivity index (χ4v) is 6.13. The van der Waals surface area contributed by atoms with Crippen molar-refractivity contribution < 1.29 is 27.5 Å². The molecule has 0 bridgehead atoms. The first-order chi connectivity index (χ1) is 15.8. The highest BCUT2D eigenvalue weighted by Gasteiger charge is 2.32. The van der Waals surface area contributed by atoms with Gasteiger partial charge in [-0.25, -0.2) is 8.42 Å². The van der Waals surface area contributed by atoms with Crippen molar-refractivity contribution in [2.24, 2.45) is 0 Å². The number of esters is 1. The second-order valence-electron chi connectivity index (χ2n) is 7.55. The van der Waals surface area contributed by atoms with E-state index in [0.29, 0.717) is 5.69 Å². The molecule has 0 aliphatic carbocycles. The van der Waals surface area contributed by atoms with Crippen molar-refractivity contribution in [3.8, 4) is 0 Å². The quantitative estimate of drug-likeness (QED) is 0.613. The molecular formula is C22H23N3O6S2. The Morgan fingerprint density at radius 1 is 1.00 bits per heavy atom. The number of nitrogens with one attached hydrogen (secondary N) is 1. The van der Waals surface area contributed by atoms with E-state index in [2.05, 4.69) is 5.32 Å². The number of carbonyl (C=O) groups is 3. The van der Waals surface area contributed by atoms with Gasteiger partial charge in [-0.05, 0) is 24.3 Å². The monoisotopic (exact) mass is 489 g/mol. The van der Waals surface area contributed by atoms with Crippen LogP contribution < -0.4 is 5.32 Å². The molecule has 2 heterocycles. The zero-order chi connectivity index (χ0) is 23.4. The highest BCUT2D eigenvalue weighted by atomic mass is 32.2. The molecule has 2 amide bonds. The van der Waals surface area contributed by atoms with Gasteiger partial charge in [0, 0.05) is 31.1 Å². The van der Waals surface area contributed by atoms with Crippen molar-refractivity contribution in [2.75, 3.05) is 38.1 Å². The number of fused-ring (bicyclic) bond motifs is 1. The Morgan fingerprint density at radius 3 is 2.39 bits per heavy atom. The highest BCUT2D eigenvalue weighted by Crippen LogP contribution is 2.36. The van der Waals surface area contributed by atoms with E-state index in [-0.39, 0.29) is 43.4 Å². The highest BCUT2D eigenvalue weighted by molar-refractivity contribution is 8.01. The van der Waals surface area contributed by atoms with Gasteiger partial charge in [-0.3, -0.25) is 14.4 Å². The number of para-hydroxylation sites is 1. The second-order valence-corrected chi connectivity index (χ2v) is 10.7. The Hall–Kier alpha value is -2.89. The number of benzene rings is 2. The molecule has 0 spiro atoms. The van der Waals surface area contributed by atoms with Crippen LogP contribution in [0.4, 0.5) is 5.69 Å². The molecule has 0 aromatic heterocycles. The second kappa shape index (κ2) is 9.94. The molecule has 1 N–H and O–H groups in total. The molecule has 33 heavy (non-hydrogen) atoms. The van der Waals surface area contributed by atoms with Gasteiger partial charge >= 0.3 is 5.97 Å². The lowest BCUT2D eigenvalue weighted by molar-refractivity contribution is -0.152. The first-order valence-electron chi connectivity index (χ1n) is 10.4. The predicted octanol–water partition coefficient (Wildman–Crippen LogP) is 1.57. The van der Waals surface area contributed by atoms with Crippen LogP contribution in [0.2, 0.25) is 0 Å². The van der Waals surface area contributed by atoms with Gasteiger partial charge in [-0.1, -0.05) is 30.3 Å². The molecule has 0 saturated carbocycles. The van der Waals surface area contributed by atoms with E-state index in [1.807, 2.05) is 18.2 Å². The Labute approximate surface area is 196 Å². The number of piperazine rings is 1. The Bertz CT molecular complexity index is 1150. The van der Waals surface area contributed by atoms with E-state index in [0.717, 1.165) is 4.90 Å². The van der Waals surface area contributed by atoms with E-state index in [1.54, 1.807) is 24.3 Å². The number of hydrogen-bond acceptors (Lipinski definition) is 7. The summed E-state index contributed by atoms with van der Waals surface area (Å²) in [6.45, 7) is 0.296. The van der Waals surface area contributed by atoms with Gasteiger partial charge in [-0.15, -0.1) is 11.8 Å². The van der Waals surface area contributed by atoms with Gasteiger partial charge in [0.15, 0.2) is 6.61 Å². The molecule has 1 saturated heterocycles. The molecule has 174 valence electrons. The van der Waals surface area contributed by atoms with Crippen molar-refractivity contribution >= 4 is 45.3 Å². The molecule has 11 heteroatoms. The summed E-state index contributed by atoms with van der Waals surface area (Å²) in [6.07, 6.45) is -0.152. The number of rotatable bonds is 6. The van der Waals surface area contributed by atoms with Gasteiger partial charge in [-0.2, -0.15) is 4.31 Å².